The van der Waals surface area contributed by atoms with Crippen molar-refractivity contribution in [1.29, 1.82) is 0 Å². The average molecular weight is 383 g/mol. The Hall–Kier alpha value is -2.44. The third-order valence-electron chi connectivity index (χ3n) is 5.08. The molecule has 1 aliphatic rings. The average Bonchev–Trinajstić information content (AvgIpc) is 2.73. The lowest BCUT2D eigenvalue weighted by Gasteiger charge is -2.35. The zero-order valence-corrected chi connectivity index (χ0v) is 16.6. The second kappa shape index (κ2) is 10.2. The Morgan fingerprint density at radius 3 is 2.82 bits per heavy atom. The third-order valence-corrected chi connectivity index (χ3v) is 5.08. The normalized spacial score (nSPS) is 16.5. The SMILES string of the molecule is COCC(C)N1CCC(Oc2cccc(C(=O)NCc3cccnc3)c2)CC1. The molecule has 0 spiro atoms. The van der Waals surface area contributed by atoms with Crippen molar-refractivity contribution in [3.05, 3.63) is 59.9 Å². The maximum atomic E-state index is 12.4. The molecule has 0 bridgehead atoms. The summed E-state index contributed by atoms with van der Waals surface area (Å²) in [7, 11) is 1.74. The molecule has 1 N–H and O–H groups in total. The van der Waals surface area contributed by atoms with Gasteiger partial charge in [-0.1, -0.05) is 12.1 Å². The number of rotatable bonds is 8. The number of pyridine rings is 1. The first-order valence-corrected chi connectivity index (χ1v) is 9.82. The van der Waals surface area contributed by atoms with Crippen LogP contribution in [0.1, 0.15) is 35.7 Å². The van der Waals surface area contributed by atoms with Gasteiger partial charge in [0.05, 0.1) is 6.61 Å². The molecule has 0 saturated carbocycles. The first kappa shape index (κ1) is 20.3. The van der Waals surface area contributed by atoms with E-state index in [1.165, 1.54) is 0 Å². The van der Waals surface area contributed by atoms with E-state index < -0.39 is 0 Å². The van der Waals surface area contributed by atoms with Crippen LogP contribution in [0.5, 0.6) is 5.75 Å². The Labute approximate surface area is 166 Å². The number of amides is 1. The van der Waals surface area contributed by atoms with E-state index >= 15 is 0 Å². The molecule has 1 atom stereocenters. The van der Waals surface area contributed by atoms with Crippen molar-refractivity contribution in [2.45, 2.75) is 38.5 Å². The van der Waals surface area contributed by atoms with Crippen LogP contribution in [-0.2, 0) is 11.3 Å². The van der Waals surface area contributed by atoms with Crippen LogP contribution in [0.4, 0.5) is 0 Å². The molecule has 1 fully saturated rings. The summed E-state index contributed by atoms with van der Waals surface area (Å²) in [5, 5.41) is 2.92. The van der Waals surface area contributed by atoms with Gasteiger partial charge in [0.15, 0.2) is 0 Å². The van der Waals surface area contributed by atoms with Gasteiger partial charge in [-0.2, -0.15) is 0 Å². The van der Waals surface area contributed by atoms with Gasteiger partial charge in [-0.15, -0.1) is 0 Å². The number of carbonyl (C=O) groups is 1. The van der Waals surface area contributed by atoms with E-state index in [1.54, 1.807) is 25.6 Å². The van der Waals surface area contributed by atoms with Crippen LogP contribution in [0, 0.1) is 0 Å². The van der Waals surface area contributed by atoms with Crippen molar-refractivity contribution in [2.24, 2.45) is 0 Å². The van der Waals surface area contributed by atoms with Crippen molar-refractivity contribution >= 4 is 5.91 Å². The lowest BCUT2D eigenvalue weighted by Crippen LogP contribution is -2.44. The van der Waals surface area contributed by atoms with Gasteiger partial charge < -0.3 is 14.8 Å². The number of benzene rings is 1. The highest BCUT2D eigenvalue weighted by molar-refractivity contribution is 5.94. The monoisotopic (exact) mass is 383 g/mol. The summed E-state index contributed by atoms with van der Waals surface area (Å²) in [5.41, 5.74) is 1.57. The predicted molar refractivity (Wildman–Crippen MR) is 108 cm³/mol. The molecule has 1 aromatic carbocycles. The van der Waals surface area contributed by atoms with Crippen molar-refractivity contribution in [3.63, 3.8) is 0 Å². The molecule has 1 amide bonds. The molecule has 1 unspecified atom stereocenters. The highest BCUT2D eigenvalue weighted by Crippen LogP contribution is 2.21. The van der Waals surface area contributed by atoms with Crippen molar-refractivity contribution < 1.29 is 14.3 Å². The molecule has 0 aliphatic carbocycles. The number of ether oxygens (including phenoxy) is 2. The highest BCUT2D eigenvalue weighted by Gasteiger charge is 2.23. The number of likely N-dealkylation sites (tertiary alicyclic amines) is 1. The summed E-state index contributed by atoms with van der Waals surface area (Å²) in [4.78, 5) is 18.9. The fraction of sp³-hybridized carbons (Fsp3) is 0.455. The van der Waals surface area contributed by atoms with Gasteiger partial charge in [-0.25, -0.2) is 0 Å². The Balaban J connectivity index is 1.50. The number of nitrogens with one attached hydrogen (secondary N) is 1. The van der Waals surface area contributed by atoms with Crippen LogP contribution in [-0.4, -0.2) is 54.7 Å². The summed E-state index contributed by atoms with van der Waals surface area (Å²) < 4.78 is 11.4. The number of piperidine rings is 1. The highest BCUT2D eigenvalue weighted by atomic mass is 16.5. The molecule has 1 aliphatic heterocycles. The van der Waals surface area contributed by atoms with Crippen LogP contribution >= 0.6 is 0 Å². The number of hydrogen-bond donors (Lipinski definition) is 1. The van der Waals surface area contributed by atoms with Gasteiger partial charge in [0.2, 0.25) is 0 Å². The molecule has 0 radical (unpaired) electrons. The molecular formula is C22H29N3O3. The second-order valence-corrected chi connectivity index (χ2v) is 7.23. The Morgan fingerprint density at radius 1 is 1.29 bits per heavy atom. The lowest BCUT2D eigenvalue weighted by molar-refractivity contribution is 0.0474. The van der Waals surface area contributed by atoms with Gasteiger partial charge in [0.1, 0.15) is 11.9 Å². The molecule has 6 heteroatoms. The Kier molecular flexibility index (Phi) is 7.39. The minimum atomic E-state index is -0.113. The molecule has 28 heavy (non-hydrogen) atoms. The molecular weight excluding hydrogens is 354 g/mol. The van der Waals surface area contributed by atoms with Gasteiger partial charge >= 0.3 is 0 Å². The van der Waals surface area contributed by atoms with E-state index in [2.05, 4.69) is 22.1 Å². The number of aromatic nitrogens is 1. The summed E-state index contributed by atoms with van der Waals surface area (Å²) in [6.07, 6.45) is 5.60. The van der Waals surface area contributed by atoms with E-state index in [4.69, 9.17) is 9.47 Å². The number of methoxy groups -OCH3 is 1. The third kappa shape index (κ3) is 5.78. The zero-order chi connectivity index (χ0) is 19.8. The molecule has 1 aromatic heterocycles. The molecule has 2 aromatic rings. The Bertz CT molecular complexity index is 746. The van der Waals surface area contributed by atoms with Crippen LogP contribution in [0.25, 0.3) is 0 Å². The Morgan fingerprint density at radius 2 is 2.11 bits per heavy atom. The molecule has 6 nitrogen and oxygen atoms in total. The van der Waals surface area contributed by atoms with E-state index in [0.717, 1.165) is 43.9 Å². The number of carbonyl (C=O) groups excluding carboxylic acids is 1. The predicted octanol–water partition coefficient (Wildman–Crippen LogP) is 2.89. The summed E-state index contributed by atoms with van der Waals surface area (Å²) in [6, 6.07) is 11.6. The largest absolute Gasteiger partial charge is 0.490 e. The van der Waals surface area contributed by atoms with E-state index in [0.29, 0.717) is 18.2 Å². The number of nitrogens with zero attached hydrogens (tertiary/aromatic N) is 2. The zero-order valence-electron chi connectivity index (χ0n) is 16.6. The van der Waals surface area contributed by atoms with Gasteiger partial charge in [0.25, 0.3) is 5.91 Å². The van der Waals surface area contributed by atoms with E-state index in [9.17, 15) is 4.79 Å². The molecule has 3 rings (SSSR count). The van der Waals surface area contributed by atoms with Crippen LogP contribution < -0.4 is 10.1 Å². The van der Waals surface area contributed by atoms with Gasteiger partial charge in [-0.05, 0) is 49.6 Å². The maximum Gasteiger partial charge on any atom is 0.251 e. The van der Waals surface area contributed by atoms with Crippen LogP contribution in [0.3, 0.4) is 0 Å². The topological polar surface area (TPSA) is 63.7 Å². The maximum absolute atomic E-state index is 12.4. The fourth-order valence-electron chi connectivity index (χ4n) is 3.47. The minimum Gasteiger partial charge on any atom is -0.490 e. The van der Waals surface area contributed by atoms with Crippen LogP contribution in [0.15, 0.2) is 48.8 Å². The molecule has 150 valence electrons. The van der Waals surface area contributed by atoms with Crippen molar-refractivity contribution in [2.75, 3.05) is 26.8 Å². The quantitative estimate of drug-likeness (QED) is 0.759. The minimum absolute atomic E-state index is 0.113. The fourth-order valence-corrected chi connectivity index (χ4v) is 3.47. The van der Waals surface area contributed by atoms with Crippen molar-refractivity contribution in [1.82, 2.24) is 15.2 Å². The van der Waals surface area contributed by atoms with E-state index in [-0.39, 0.29) is 12.0 Å². The summed E-state index contributed by atoms with van der Waals surface area (Å²) in [6.45, 7) is 5.40. The first-order chi connectivity index (χ1) is 13.7. The summed E-state index contributed by atoms with van der Waals surface area (Å²) in [5.74, 6) is 0.634. The second-order valence-electron chi connectivity index (χ2n) is 7.23. The summed E-state index contributed by atoms with van der Waals surface area (Å²) >= 11 is 0. The van der Waals surface area contributed by atoms with Gasteiger partial charge in [0, 0.05) is 50.7 Å². The standard InChI is InChI=1S/C22H29N3O3/c1-17(16-27-2)25-11-8-20(9-12-25)28-21-7-3-6-19(13-21)22(26)24-15-18-5-4-10-23-14-18/h3-7,10,13-14,17,20H,8-9,11-12,15-16H2,1-2H3,(H,24,26). The van der Waals surface area contributed by atoms with E-state index in [1.807, 2.05) is 30.3 Å². The van der Waals surface area contributed by atoms with Crippen molar-refractivity contribution in [3.8, 4) is 5.75 Å². The smallest absolute Gasteiger partial charge is 0.251 e. The van der Waals surface area contributed by atoms with Gasteiger partial charge in [-0.3, -0.25) is 14.7 Å². The number of hydrogen-bond acceptors (Lipinski definition) is 5. The lowest BCUT2D eigenvalue weighted by atomic mass is 10.1. The van der Waals surface area contributed by atoms with Crippen LogP contribution in [0.2, 0.25) is 0 Å². The molecule has 2 heterocycles. The first-order valence-electron chi connectivity index (χ1n) is 9.82. The molecule has 1 saturated heterocycles.